The van der Waals surface area contributed by atoms with Gasteiger partial charge in [0.2, 0.25) is 17.7 Å². The van der Waals surface area contributed by atoms with Gasteiger partial charge in [-0.3, -0.25) is 19.2 Å². The van der Waals surface area contributed by atoms with Crippen LogP contribution in [-0.2, 0) is 35.1 Å². The number of aromatic amines is 1. The van der Waals surface area contributed by atoms with Crippen molar-refractivity contribution in [3.05, 3.63) is 36.0 Å². The average Bonchev–Trinajstić information content (AvgIpc) is 3.26. The molecule has 0 saturated heterocycles. The van der Waals surface area contributed by atoms with Gasteiger partial charge in [-0.2, -0.15) is 0 Å². The number of fused-ring (bicyclic) bond motifs is 1. The first-order valence-corrected chi connectivity index (χ1v) is 11.8. The maximum absolute atomic E-state index is 13.2. The number of nitrogens with one attached hydrogen (secondary N) is 5. The number of hydrogen-bond acceptors (Lipinski definition) is 8. The number of aliphatic hydroxyl groups is 1. The highest BCUT2D eigenvalue weighted by Gasteiger charge is 2.30. The maximum Gasteiger partial charge on any atom is 0.331 e. The predicted octanol–water partition coefficient (Wildman–Crippen LogP) is 0.127. The number of carbonyl (C=O) groups excluding carboxylic acids is 5. The van der Waals surface area contributed by atoms with E-state index < -0.39 is 60.3 Å². The number of ketones is 1. The topological polar surface area (TPSA) is 191 Å². The zero-order valence-electron chi connectivity index (χ0n) is 21.0. The number of amides is 3. The normalized spacial score (nSPS) is 13.3. The molecule has 12 heteroatoms. The van der Waals surface area contributed by atoms with E-state index in [1.807, 2.05) is 24.3 Å². The summed E-state index contributed by atoms with van der Waals surface area (Å²) in [5, 5.41) is 24.9. The molecule has 0 spiro atoms. The Morgan fingerprint density at radius 1 is 1.03 bits per heavy atom. The summed E-state index contributed by atoms with van der Waals surface area (Å²) in [6.45, 7) is 3.73. The Hall–Kier alpha value is -4.06. The van der Waals surface area contributed by atoms with Crippen molar-refractivity contribution in [1.29, 1.82) is 5.41 Å². The molecule has 12 nitrogen and oxygen atoms in total. The van der Waals surface area contributed by atoms with E-state index in [4.69, 9.17) is 10.1 Å². The fraction of sp³-hybridized carbons (Fsp3) is 0.440. The molecule has 37 heavy (non-hydrogen) atoms. The molecule has 0 bridgehead atoms. The lowest BCUT2D eigenvalue weighted by Gasteiger charge is -2.24. The molecule has 0 saturated carbocycles. The van der Waals surface area contributed by atoms with Gasteiger partial charge in [0.05, 0.1) is 18.9 Å². The summed E-state index contributed by atoms with van der Waals surface area (Å²) < 4.78 is 5.02. The number of Topliss-reactive ketones (excluding diaryl/α,β-unsaturated/α-hetero) is 1. The monoisotopic (exact) mass is 515 g/mol. The smallest absolute Gasteiger partial charge is 0.331 e. The lowest BCUT2D eigenvalue weighted by Crippen LogP contribution is -2.56. The molecule has 200 valence electrons. The molecule has 0 aliphatic heterocycles. The Labute approximate surface area is 214 Å². The van der Waals surface area contributed by atoms with Crippen LogP contribution in [0.3, 0.4) is 0 Å². The number of ether oxygens (including phenoxy) is 1. The van der Waals surface area contributed by atoms with E-state index in [1.165, 1.54) is 6.92 Å². The molecule has 0 aliphatic carbocycles. The molecule has 1 aromatic carbocycles. The first-order chi connectivity index (χ1) is 17.5. The van der Waals surface area contributed by atoms with Crippen LogP contribution in [0.1, 0.15) is 39.2 Å². The third kappa shape index (κ3) is 8.83. The molecular weight excluding hydrogens is 482 g/mol. The summed E-state index contributed by atoms with van der Waals surface area (Å²) in [6, 6.07) is 3.71. The van der Waals surface area contributed by atoms with E-state index >= 15 is 0 Å². The molecule has 0 radical (unpaired) electrons. The van der Waals surface area contributed by atoms with Crippen molar-refractivity contribution in [3.8, 4) is 0 Å². The third-order valence-corrected chi connectivity index (χ3v) is 5.40. The van der Waals surface area contributed by atoms with Gasteiger partial charge in [0.1, 0.15) is 12.1 Å². The van der Waals surface area contributed by atoms with E-state index in [2.05, 4.69) is 20.9 Å². The van der Waals surface area contributed by atoms with Gasteiger partial charge in [-0.25, -0.2) is 4.79 Å². The third-order valence-electron chi connectivity index (χ3n) is 5.40. The molecule has 0 fully saturated rings. The summed E-state index contributed by atoms with van der Waals surface area (Å²) in [4.78, 5) is 65.0. The second-order valence-electron chi connectivity index (χ2n) is 8.76. The van der Waals surface area contributed by atoms with Crippen molar-refractivity contribution < 1.29 is 33.8 Å². The fourth-order valence-corrected chi connectivity index (χ4v) is 3.64. The number of esters is 1. The number of hydrogen-bond donors (Lipinski definition) is 6. The van der Waals surface area contributed by atoms with Gasteiger partial charge in [-0.1, -0.05) is 18.2 Å². The van der Waals surface area contributed by atoms with Crippen molar-refractivity contribution >= 4 is 46.6 Å². The zero-order valence-corrected chi connectivity index (χ0v) is 21.0. The van der Waals surface area contributed by atoms with Gasteiger partial charge in [0.25, 0.3) is 0 Å². The van der Waals surface area contributed by atoms with Crippen molar-refractivity contribution in [1.82, 2.24) is 20.9 Å². The summed E-state index contributed by atoms with van der Waals surface area (Å²) in [5.41, 5.74) is 1.62. The number of aliphatic hydroxyl groups excluding tert-OH is 1. The number of benzene rings is 1. The zero-order chi connectivity index (χ0) is 27.5. The molecule has 2 rings (SSSR count). The van der Waals surface area contributed by atoms with Crippen LogP contribution in [0.5, 0.6) is 0 Å². The van der Waals surface area contributed by atoms with Gasteiger partial charge in [-0.05, 0) is 31.9 Å². The quantitative estimate of drug-likeness (QED) is 0.152. The first kappa shape index (κ1) is 29.2. The van der Waals surface area contributed by atoms with Crippen molar-refractivity contribution in [2.75, 3.05) is 6.61 Å². The SMILES string of the molecule is CC(=O)N[C@@H](Cc1c[nH]c2ccccc12)C(=O)N[C@@H](CCC(=O)C=N)C(=O)N[C@@H](CO)C(=O)OC(C)C. The van der Waals surface area contributed by atoms with Gasteiger partial charge in [0.15, 0.2) is 11.8 Å². The highest BCUT2D eigenvalue weighted by molar-refractivity contribution is 6.26. The van der Waals surface area contributed by atoms with E-state index in [0.717, 1.165) is 16.5 Å². The van der Waals surface area contributed by atoms with E-state index in [9.17, 15) is 29.1 Å². The molecule has 3 amide bonds. The van der Waals surface area contributed by atoms with Crippen LogP contribution in [0.4, 0.5) is 0 Å². The summed E-state index contributed by atoms with van der Waals surface area (Å²) in [7, 11) is 0. The number of aromatic nitrogens is 1. The lowest BCUT2D eigenvalue weighted by molar-refractivity contribution is -0.152. The van der Waals surface area contributed by atoms with Crippen LogP contribution in [0.25, 0.3) is 10.9 Å². The largest absolute Gasteiger partial charge is 0.461 e. The van der Waals surface area contributed by atoms with Gasteiger partial charge in [-0.15, -0.1) is 0 Å². The minimum absolute atomic E-state index is 0.114. The van der Waals surface area contributed by atoms with Crippen molar-refractivity contribution in [2.45, 2.75) is 64.3 Å². The van der Waals surface area contributed by atoms with E-state index in [1.54, 1.807) is 20.0 Å². The molecule has 1 aromatic heterocycles. The Kier molecular flexibility index (Phi) is 10.9. The Morgan fingerprint density at radius 3 is 2.30 bits per heavy atom. The molecular formula is C25H33N5O7. The fourth-order valence-electron chi connectivity index (χ4n) is 3.64. The second kappa shape index (κ2) is 13.9. The molecule has 0 aliphatic rings. The summed E-state index contributed by atoms with van der Waals surface area (Å²) in [5.74, 6) is -3.41. The number of para-hydroxylation sites is 1. The van der Waals surface area contributed by atoms with Crippen molar-refractivity contribution in [2.24, 2.45) is 0 Å². The van der Waals surface area contributed by atoms with E-state index in [-0.39, 0.29) is 19.3 Å². The van der Waals surface area contributed by atoms with Crippen LogP contribution in [0, 0.1) is 5.41 Å². The first-order valence-electron chi connectivity index (χ1n) is 11.8. The Balaban J connectivity index is 2.23. The van der Waals surface area contributed by atoms with Crippen LogP contribution in [0.15, 0.2) is 30.5 Å². The highest BCUT2D eigenvalue weighted by atomic mass is 16.5. The van der Waals surface area contributed by atoms with Crippen LogP contribution < -0.4 is 16.0 Å². The molecule has 2 aromatic rings. The van der Waals surface area contributed by atoms with Gasteiger partial charge >= 0.3 is 5.97 Å². The predicted molar refractivity (Wildman–Crippen MR) is 135 cm³/mol. The highest BCUT2D eigenvalue weighted by Crippen LogP contribution is 2.19. The van der Waals surface area contributed by atoms with Crippen molar-refractivity contribution in [3.63, 3.8) is 0 Å². The maximum atomic E-state index is 13.2. The number of H-pyrrole nitrogens is 1. The Bertz CT molecular complexity index is 1140. The lowest BCUT2D eigenvalue weighted by atomic mass is 10.0. The minimum atomic E-state index is -1.38. The molecule has 3 atom stereocenters. The van der Waals surface area contributed by atoms with Gasteiger partial charge in [0, 0.05) is 36.9 Å². The Morgan fingerprint density at radius 2 is 1.68 bits per heavy atom. The standard InChI is InChI=1S/C25H33N5O7/c1-14(2)37-25(36)22(13-31)30-23(34)20(9-8-17(33)11-26)29-24(35)21(28-15(3)32)10-16-12-27-19-7-5-4-6-18(16)19/h4-7,11-12,14,20-22,26-27,31H,8-10,13H2,1-3H3,(H,28,32)(H,29,35)(H,30,34)/t20-,21-,22-/m0/s1. The summed E-state index contributed by atoms with van der Waals surface area (Å²) >= 11 is 0. The molecule has 6 N–H and O–H groups in total. The van der Waals surface area contributed by atoms with E-state index in [0.29, 0.717) is 6.21 Å². The van der Waals surface area contributed by atoms with Gasteiger partial charge < -0.3 is 36.2 Å². The average molecular weight is 516 g/mol. The second-order valence-corrected chi connectivity index (χ2v) is 8.76. The molecule has 0 unspecified atom stereocenters. The van der Waals surface area contributed by atoms with Crippen LogP contribution in [-0.4, -0.2) is 76.6 Å². The van der Waals surface area contributed by atoms with Crippen LogP contribution in [0.2, 0.25) is 0 Å². The minimum Gasteiger partial charge on any atom is -0.461 e. The summed E-state index contributed by atoms with van der Waals surface area (Å²) in [6.07, 6.45) is 1.56. The van der Waals surface area contributed by atoms with Crippen LogP contribution >= 0.6 is 0 Å². The number of carbonyl (C=O) groups is 5. The number of rotatable bonds is 14. The molecule has 1 heterocycles.